The number of carbonyl (C=O) groups is 1. The van der Waals surface area contributed by atoms with E-state index in [1.165, 1.54) is 17.0 Å². The first-order chi connectivity index (χ1) is 12.2. The van der Waals surface area contributed by atoms with Crippen molar-refractivity contribution in [2.75, 3.05) is 11.6 Å². The summed E-state index contributed by atoms with van der Waals surface area (Å²) in [5.41, 5.74) is 2.77. The molecule has 126 valence electrons. The van der Waals surface area contributed by atoms with E-state index in [-0.39, 0.29) is 17.6 Å². The normalized spacial score (nSPS) is 16.4. The van der Waals surface area contributed by atoms with Gasteiger partial charge in [0.15, 0.2) is 0 Å². The highest BCUT2D eigenvalue weighted by Crippen LogP contribution is 2.38. The molecule has 4 nitrogen and oxygen atoms in total. The van der Waals surface area contributed by atoms with Crippen molar-refractivity contribution in [3.8, 4) is 5.69 Å². The molecule has 6 heteroatoms. The smallest absolute Gasteiger partial charge is 0.226 e. The standard InChI is InChI=1S/C19H16FN3OS/c1-25-15-8-2-12(3-9-15)16-10-18(24)22-19-17(16)11-21-23(19)14-6-4-13(20)5-7-14/h2-9,11,16H,10H2,1H3,(H,22,24). The molecule has 1 aliphatic rings. The molecular weight excluding hydrogens is 337 g/mol. The molecule has 0 spiro atoms. The van der Waals surface area contributed by atoms with Crippen LogP contribution in [0.3, 0.4) is 0 Å². The number of rotatable bonds is 3. The lowest BCUT2D eigenvalue weighted by atomic mass is 9.87. The van der Waals surface area contributed by atoms with Gasteiger partial charge in [-0.2, -0.15) is 5.10 Å². The molecular formula is C19H16FN3OS. The number of fused-ring (bicyclic) bond motifs is 1. The van der Waals surface area contributed by atoms with Gasteiger partial charge in [-0.15, -0.1) is 11.8 Å². The number of halogens is 1. The number of carbonyl (C=O) groups excluding carboxylic acids is 1. The summed E-state index contributed by atoms with van der Waals surface area (Å²) in [6.07, 6.45) is 4.21. The monoisotopic (exact) mass is 353 g/mol. The molecule has 25 heavy (non-hydrogen) atoms. The number of benzene rings is 2. The Bertz CT molecular complexity index is 919. The lowest BCUT2D eigenvalue weighted by Gasteiger charge is -2.24. The van der Waals surface area contributed by atoms with Crippen LogP contribution >= 0.6 is 11.8 Å². The first kappa shape index (κ1) is 15.9. The Kier molecular flexibility index (Phi) is 4.05. The van der Waals surface area contributed by atoms with E-state index in [4.69, 9.17) is 0 Å². The van der Waals surface area contributed by atoms with E-state index in [1.54, 1.807) is 34.8 Å². The predicted molar refractivity (Wildman–Crippen MR) is 96.8 cm³/mol. The molecule has 1 aromatic heterocycles. The van der Waals surface area contributed by atoms with Gasteiger partial charge in [0.25, 0.3) is 0 Å². The zero-order chi connectivity index (χ0) is 17.4. The molecule has 0 saturated carbocycles. The largest absolute Gasteiger partial charge is 0.310 e. The quantitative estimate of drug-likeness (QED) is 0.718. The van der Waals surface area contributed by atoms with Crippen molar-refractivity contribution in [2.24, 2.45) is 0 Å². The third kappa shape index (κ3) is 2.93. The number of amides is 1. The fourth-order valence-corrected chi connectivity index (χ4v) is 3.54. The SMILES string of the molecule is CSc1ccc(C2CC(=O)Nc3c2cnn3-c2ccc(F)cc2)cc1. The summed E-state index contributed by atoms with van der Waals surface area (Å²) in [6, 6.07) is 14.3. The maximum absolute atomic E-state index is 13.2. The molecule has 1 amide bonds. The number of nitrogens with one attached hydrogen (secondary N) is 1. The number of hydrogen-bond acceptors (Lipinski definition) is 3. The minimum atomic E-state index is -0.305. The molecule has 2 heterocycles. The Morgan fingerprint density at radius 2 is 1.88 bits per heavy atom. The third-order valence-corrected chi connectivity index (χ3v) is 5.15. The van der Waals surface area contributed by atoms with E-state index >= 15 is 0 Å². The molecule has 0 bridgehead atoms. The molecule has 0 radical (unpaired) electrons. The van der Waals surface area contributed by atoms with Gasteiger partial charge in [-0.3, -0.25) is 4.79 Å². The fourth-order valence-electron chi connectivity index (χ4n) is 3.13. The van der Waals surface area contributed by atoms with E-state index < -0.39 is 0 Å². The van der Waals surface area contributed by atoms with Crippen LogP contribution < -0.4 is 5.32 Å². The summed E-state index contributed by atoms with van der Waals surface area (Å²) >= 11 is 1.69. The Morgan fingerprint density at radius 3 is 2.56 bits per heavy atom. The van der Waals surface area contributed by atoms with Crippen LogP contribution in [0.2, 0.25) is 0 Å². The second-order valence-electron chi connectivity index (χ2n) is 5.91. The fraction of sp³-hybridized carbons (Fsp3) is 0.158. The van der Waals surface area contributed by atoms with Gasteiger partial charge in [-0.1, -0.05) is 12.1 Å². The first-order valence-corrected chi connectivity index (χ1v) is 9.16. The highest BCUT2D eigenvalue weighted by Gasteiger charge is 2.30. The highest BCUT2D eigenvalue weighted by molar-refractivity contribution is 7.98. The Hall–Kier alpha value is -2.60. The second-order valence-corrected chi connectivity index (χ2v) is 6.79. The van der Waals surface area contributed by atoms with Crippen molar-refractivity contribution in [2.45, 2.75) is 17.2 Å². The van der Waals surface area contributed by atoms with Crippen LogP contribution in [0, 0.1) is 5.82 Å². The van der Waals surface area contributed by atoms with Crippen LogP contribution in [-0.2, 0) is 4.79 Å². The van der Waals surface area contributed by atoms with E-state index in [2.05, 4.69) is 34.7 Å². The minimum absolute atomic E-state index is 0.0335. The van der Waals surface area contributed by atoms with Crippen LogP contribution in [0.1, 0.15) is 23.5 Å². The van der Waals surface area contributed by atoms with Gasteiger partial charge in [0.05, 0.1) is 11.9 Å². The molecule has 1 atom stereocenters. The van der Waals surface area contributed by atoms with Crippen LogP contribution in [-0.4, -0.2) is 21.9 Å². The van der Waals surface area contributed by atoms with Crippen molar-refractivity contribution in [1.29, 1.82) is 0 Å². The van der Waals surface area contributed by atoms with Gasteiger partial charge in [0, 0.05) is 22.8 Å². The first-order valence-electron chi connectivity index (χ1n) is 7.93. The predicted octanol–water partition coefficient (Wildman–Crippen LogP) is 4.21. The van der Waals surface area contributed by atoms with Gasteiger partial charge in [-0.25, -0.2) is 9.07 Å². The van der Waals surface area contributed by atoms with Crippen molar-refractivity contribution < 1.29 is 9.18 Å². The molecule has 3 aromatic rings. The summed E-state index contributed by atoms with van der Waals surface area (Å²) in [7, 11) is 0. The summed E-state index contributed by atoms with van der Waals surface area (Å²) in [5, 5.41) is 7.32. The Morgan fingerprint density at radius 1 is 1.16 bits per heavy atom. The van der Waals surface area contributed by atoms with Crippen LogP contribution in [0.15, 0.2) is 59.6 Å². The Balaban J connectivity index is 1.76. The summed E-state index contributed by atoms with van der Waals surface area (Å²) in [6.45, 7) is 0. The topological polar surface area (TPSA) is 46.9 Å². The van der Waals surface area contributed by atoms with Crippen LogP contribution in [0.5, 0.6) is 0 Å². The van der Waals surface area contributed by atoms with Gasteiger partial charge < -0.3 is 5.32 Å². The zero-order valence-corrected chi connectivity index (χ0v) is 14.4. The average molecular weight is 353 g/mol. The van der Waals surface area contributed by atoms with Crippen molar-refractivity contribution in [3.63, 3.8) is 0 Å². The van der Waals surface area contributed by atoms with Crippen molar-refractivity contribution in [1.82, 2.24) is 9.78 Å². The summed E-state index contributed by atoms with van der Waals surface area (Å²) in [5.74, 6) is 0.270. The molecule has 0 aliphatic carbocycles. The van der Waals surface area contributed by atoms with Gasteiger partial charge in [0.2, 0.25) is 5.91 Å². The number of aromatic nitrogens is 2. The lowest BCUT2D eigenvalue weighted by molar-refractivity contribution is -0.116. The average Bonchev–Trinajstić information content (AvgIpc) is 3.05. The molecule has 1 unspecified atom stereocenters. The summed E-state index contributed by atoms with van der Waals surface area (Å²) in [4.78, 5) is 13.4. The maximum Gasteiger partial charge on any atom is 0.226 e. The Labute approximate surface area is 149 Å². The van der Waals surface area contributed by atoms with Gasteiger partial charge in [-0.05, 0) is 48.2 Å². The molecule has 0 saturated heterocycles. The number of thioether (sulfide) groups is 1. The zero-order valence-electron chi connectivity index (χ0n) is 13.6. The second kappa shape index (κ2) is 6.37. The van der Waals surface area contributed by atoms with E-state index in [0.29, 0.717) is 17.9 Å². The molecule has 1 N–H and O–H groups in total. The number of hydrogen-bond donors (Lipinski definition) is 1. The van der Waals surface area contributed by atoms with Gasteiger partial charge in [0.1, 0.15) is 11.6 Å². The highest BCUT2D eigenvalue weighted by atomic mass is 32.2. The summed E-state index contributed by atoms with van der Waals surface area (Å²) < 4.78 is 14.8. The lowest BCUT2D eigenvalue weighted by Crippen LogP contribution is -2.24. The molecule has 4 rings (SSSR count). The molecule has 2 aromatic carbocycles. The number of anilines is 1. The van der Waals surface area contributed by atoms with Crippen molar-refractivity contribution >= 4 is 23.5 Å². The minimum Gasteiger partial charge on any atom is -0.310 e. The van der Waals surface area contributed by atoms with Crippen LogP contribution in [0.25, 0.3) is 5.69 Å². The van der Waals surface area contributed by atoms with Crippen molar-refractivity contribution in [3.05, 3.63) is 71.7 Å². The molecule has 0 fully saturated rings. The van der Waals surface area contributed by atoms with E-state index in [1.807, 2.05) is 6.26 Å². The molecule has 1 aliphatic heterocycles. The van der Waals surface area contributed by atoms with E-state index in [0.717, 1.165) is 11.1 Å². The van der Waals surface area contributed by atoms with E-state index in [9.17, 15) is 9.18 Å². The number of nitrogens with zero attached hydrogens (tertiary/aromatic N) is 2. The van der Waals surface area contributed by atoms with Gasteiger partial charge >= 0.3 is 0 Å². The third-order valence-electron chi connectivity index (χ3n) is 4.41. The maximum atomic E-state index is 13.2. The van der Waals surface area contributed by atoms with Crippen LogP contribution in [0.4, 0.5) is 10.2 Å².